The second-order valence-electron chi connectivity index (χ2n) is 6.70. The molecule has 0 radical (unpaired) electrons. The zero-order chi connectivity index (χ0) is 19.6. The highest BCUT2D eigenvalue weighted by atomic mass is 16.5. The standard InChI is InChI=1S/C19H28N4O4/c1-14(24)21-16-4-3-5-17(12-16)22-19(26)18(25)20-13-15-6-8-23(9-7-15)10-11-27-2/h3-5,12,15H,6-11,13H2,1-2H3,(H,20,25)(H,21,24)(H,22,26). The number of rotatable bonds is 7. The van der Waals surface area contributed by atoms with E-state index in [9.17, 15) is 14.4 Å². The number of amides is 3. The maximum Gasteiger partial charge on any atom is 0.313 e. The molecule has 1 aromatic rings. The molecule has 3 amide bonds. The van der Waals surface area contributed by atoms with Crippen LogP contribution in [0.15, 0.2) is 24.3 Å². The Kier molecular flexibility index (Phi) is 8.22. The van der Waals surface area contributed by atoms with Gasteiger partial charge >= 0.3 is 11.8 Å². The first-order chi connectivity index (χ1) is 13.0. The molecule has 1 aliphatic rings. The Bertz CT molecular complexity index is 657. The molecule has 1 saturated heterocycles. The number of nitrogens with zero attached hydrogens (tertiary/aromatic N) is 1. The first-order valence-electron chi connectivity index (χ1n) is 9.16. The van der Waals surface area contributed by atoms with Crippen LogP contribution in [0, 0.1) is 5.92 Å². The zero-order valence-electron chi connectivity index (χ0n) is 15.9. The molecule has 0 saturated carbocycles. The van der Waals surface area contributed by atoms with Gasteiger partial charge in [-0.15, -0.1) is 0 Å². The predicted octanol–water partition coefficient (Wildman–Crippen LogP) is 1.06. The highest BCUT2D eigenvalue weighted by Crippen LogP contribution is 2.16. The van der Waals surface area contributed by atoms with Crippen molar-refractivity contribution in [1.29, 1.82) is 0 Å². The number of benzene rings is 1. The number of methoxy groups -OCH3 is 1. The van der Waals surface area contributed by atoms with E-state index in [1.54, 1.807) is 31.4 Å². The molecule has 0 aliphatic carbocycles. The van der Waals surface area contributed by atoms with Gasteiger partial charge in [0.1, 0.15) is 0 Å². The largest absolute Gasteiger partial charge is 0.383 e. The highest BCUT2D eigenvalue weighted by molar-refractivity contribution is 6.39. The van der Waals surface area contributed by atoms with Crippen molar-refractivity contribution in [3.8, 4) is 0 Å². The van der Waals surface area contributed by atoms with Crippen molar-refractivity contribution < 1.29 is 19.1 Å². The molecular weight excluding hydrogens is 348 g/mol. The molecule has 8 heteroatoms. The van der Waals surface area contributed by atoms with Crippen molar-refractivity contribution in [3.05, 3.63) is 24.3 Å². The highest BCUT2D eigenvalue weighted by Gasteiger charge is 2.21. The van der Waals surface area contributed by atoms with Crippen molar-refractivity contribution in [2.24, 2.45) is 5.92 Å². The smallest absolute Gasteiger partial charge is 0.313 e. The van der Waals surface area contributed by atoms with Crippen LogP contribution in [0.3, 0.4) is 0 Å². The Morgan fingerprint density at radius 1 is 1.11 bits per heavy atom. The van der Waals surface area contributed by atoms with Gasteiger partial charge in [0.2, 0.25) is 5.91 Å². The van der Waals surface area contributed by atoms with Crippen LogP contribution < -0.4 is 16.0 Å². The second-order valence-corrected chi connectivity index (χ2v) is 6.70. The van der Waals surface area contributed by atoms with E-state index in [2.05, 4.69) is 20.9 Å². The maximum atomic E-state index is 12.1. The third kappa shape index (κ3) is 7.36. The molecule has 27 heavy (non-hydrogen) atoms. The van der Waals surface area contributed by atoms with Crippen LogP contribution in [0.25, 0.3) is 0 Å². The van der Waals surface area contributed by atoms with Crippen molar-refractivity contribution >= 4 is 29.1 Å². The Balaban J connectivity index is 1.73. The van der Waals surface area contributed by atoms with E-state index in [0.717, 1.165) is 39.1 Å². The SMILES string of the molecule is COCCN1CCC(CNC(=O)C(=O)Nc2cccc(NC(C)=O)c2)CC1. The molecule has 0 unspecified atom stereocenters. The number of hydrogen-bond donors (Lipinski definition) is 3. The van der Waals surface area contributed by atoms with Gasteiger partial charge in [-0.3, -0.25) is 14.4 Å². The Morgan fingerprint density at radius 2 is 1.78 bits per heavy atom. The molecule has 0 atom stereocenters. The summed E-state index contributed by atoms with van der Waals surface area (Å²) in [6.07, 6.45) is 1.98. The molecule has 1 fully saturated rings. The summed E-state index contributed by atoms with van der Waals surface area (Å²) in [4.78, 5) is 37.5. The topological polar surface area (TPSA) is 99.8 Å². The van der Waals surface area contributed by atoms with E-state index in [4.69, 9.17) is 4.74 Å². The fourth-order valence-corrected chi connectivity index (χ4v) is 3.02. The monoisotopic (exact) mass is 376 g/mol. The molecule has 0 aromatic heterocycles. The minimum Gasteiger partial charge on any atom is -0.383 e. The molecule has 1 aromatic carbocycles. The van der Waals surface area contributed by atoms with E-state index in [0.29, 0.717) is 23.8 Å². The van der Waals surface area contributed by atoms with E-state index in [1.165, 1.54) is 6.92 Å². The molecule has 3 N–H and O–H groups in total. The molecular formula is C19H28N4O4. The number of anilines is 2. The van der Waals surface area contributed by atoms with E-state index in [-0.39, 0.29) is 5.91 Å². The normalized spacial score (nSPS) is 15.2. The van der Waals surface area contributed by atoms with Gasteiger partial charge in [-0.05, 0) is 50.0 Å². The van der Waals surface area contributed by atoms with Gasteiger partial charge in [0.05, 0.1) is 6.61 Å². The Hall–Kier alpha value is -2.45. The lowest BCUT2D eigenvalue weighted by atomic mass is 9.97. The summed E-state index contributed by atoms with van der Waals surface area (Å²) in [5, 5.41) is 7.89. The van der Waals surface area contributed by atoms with Gasteiger partial charge in [-0.25, -0.2) is 0 Å². The predicted molar refractivity (Wildman–Crippen MR) is 103 cm³/mol. The van der Waals surface area contributed by atoms with Gasteiger partial charge in [-0.1, -0.05) is 6.07 Å². The van der Waals surface area contributed by atoms with Crippen LogP contribution in [0.4, 0.5) is 11.4 Å². The first kappa shape index (κ1) is 20.9. The second kappa shape index (κ2) is 10.6. The summed E-state index contributed by atoms with van der Waals surface area (Å²) in [6.45, 7) is 5.51. The quantitative estimate of drug-likeness (QED) is 0.618. The lowest BCUT2D eigenvalue weighted by Gasteiger charge is -2.31. The number of likely N-dealkylation sites (tertiary alicyclic amines) is 1. The van der Waals surface area contributed by atoms with Crippen molar-refractivity contribution in [1.82, 2.24) is 10.2 Å². The van der Waals surface area contributed by atoms with Crippen LogP contribution >= 0.6 is 0 Å². The number of hydrogen-bond acceptors (Lipinski definition) is 5. The zero-order valence-corrected chi connectivity index (χ0v) is 15.9. The molecule has 8 nitrogen and oxygen atoms in total. The van der Waals surface area contributed by atoms with Crippen LogP contribution in [-0.2, 0) is 19.1 Å². The molecule has 2 rings (SSSR count). The van der Waals surface area contributed by atoms with E-state index >= 15 is 0 Å². The van der Waals surface area contributed by atoms with Gasteiger partial charge < -0.3 is 25.6 Å². The molecule has 0 bridgehead atoms. The van der Waals surface area contributed by atoms with Gasteiger partial charge in [0.15, 0.2) is 0 Å². The summed E-state index contributed by atoms with van der Waals surface area (Å²) < 4.78 is 5.09. The van der Waals surface area contributed by atoms with Crippen LogP contribution in [0.1, 0.15) is 19.8 Å². The third-order valence-corrected chi connectivity index (χ3v) is 4.52. The molecule has 1 heterocycles. The number of ether oxygens (including phenoxy) is 1. The minimum absolute atomic E-state index is 0.204. The maximum absolute atomic E-state index is 12.1. The fourth-order valence-electron chi connectivity index (χ4n) is 3.02. The average Bonchev–Trinajstić information content (AvgIpc) is 2.65. The summed E-state index contributed by atoms with van der Waals surface area (Å²) in [6, 6.07) is 6.65. The van der Waals surface area contributed by atoms with E-state index < -0.39 is 11.8 Å². The fraction of sp³-hybridized carbons (Fsp3) is 0.526. The first-order valence-corrected chi connectivity index (χ1v) is 9.16. The third-order valence-electron chi connectivity index (χ3n) is 4.52. The number of carbonyl (C=O) groups is 3. The average molecular weight is 376 g/mol. The summed E-state index contributed by atoms with van der Waals surface area (Å²) >= 11 is 0. The number of piperidine rings is 1. The summed E-state index contributed by atoms with van der Waals surface area (Å²) in [5.74, 6) is -1.19. The van der Waals surface area contributed by atoms with Crippen LogP contribution in [0.2, 0.25) is 0 Å². The van der Waals surface area contributed by atoms with Gasteiger partial charge in [0.25, 0.3) is 0 Å². The number of nitrogens with one attached hydrogen (secondary N) is 3. The Labute approximate surface area is 159 Å². The lowest BCUT2D eigenvalue weighted by molar-refractivity contribution is -0.136. The molecule has 1 aliphatic heterocycles. The molecule has 148 valence electrons. The van der Waals surface area contributed by atoms with Crippen LogP contribution in [-0.4, -0.2) is 62.5 Å². The van der Waals surface area contributed by atoms with Gasteiger partial charge in [-0.2, -0.15) is 0 Å². The van der Waals surface area contributed by atoms with Crippen LogP contribution in [0.5, 0.6) is 0 Å². The van der Waals surface area contributed by atoms with Crippen molar-refractivity contribution in [2.75, 3.05) is 50.5 Å². The van der Waals surface area contributed by atoms with Crippen molar-refractivity contribution in [2.45, 2.75) is 19.8 Å². The van der Waals surface area contributed by atoms with Crippen molar-refractivity contribution in [3.63, 3.8) is 0 Å². The summed E-state index contributed by atoms with van der Waals surface area (Å²) in [5.41, 5.74) is 1.01. The summed E-state index contributed by atoms with van der Waals surface area (Å²) in [7, 11) is 1.70. The Morgan fingerprint density at radius 3 is 2.41 bits per heavy atom. The van der Waals surface area contributed by atoms with E-state index in [1.807, 2.05) is 0 Å². The van der Waals surface area contributed by atoms with Gasteiger partial charge in [0, 0.05) is 38.5 Å². The lowest BCUT2D eigenvalue weighted by Crippen LogP contribution is -2.42. The number of carbonyl (C=O) groups excluding carboxylic acids is 3. The molecule has 0 spiro atoms. The minimum atomic E-state index is -0.715.